The van der Waals surface area contributed by atoms with Gasteiger partial charge in [-0.2, -0.15) is 0 Å². The molecule has 0 saturated heterocycles. The van der Waals surface area contributed by atoms with Gasteiger partial charge in [0.1, 0.15) is 6.61 Å². The minimum absolute atomic E-state index is 0.0497. The van der Waals surface area contributed by atoms with Crippen molar-refractivity contribution in [3.63, 3.8) is 0 Å². The Balaban J connectivity index is 1.35. The Kier molecular flexibility index (Phi) is 5.55. The fourth-order valence-electron chi connectivity index (χ4n) is 3.72. The van der Waals surface area contributed by atoms with Crippen LogP contribution < -0.4 is 5.32 Å². The van der Waals surface area contributed by atoms with E-state index in [1.165, 1.54) is 22.3 Å². The number of alkyl carbamates (subject to hydrolysis) is 1. The number of fused-ring (bicyclic) bond motifs is 3. The van der Waals surface area contributed by atoms with Crippen LogP contribution in [-0.4, -0.2) is 19.2 Å². The van der Waals surface area contributed by atoms with E-state index in [0.29, 0.717) is 11.6 Å². The van der Waals surface area contributed by atoms with Crippen LogP contribution >= 0.6 is 11.6 Å². The maximum absolute atomic E-state index is 12.1. The Bertz CT molecular complexity index is 1060. The zero-order valence-corrected chi connectivity index (χ0v) is 16.8. The molecule has 1 N–H and O–H groups in total. The number of benzene rings is 3. The molecule has 1 amide bonds. The Morgan fingerprint density at radius 1 is 1.03 bits per heavy atom. The first-order valence-electron chi connectivity index (χ1n) is 9.47. The van der Waals surface area contributed by atoms with Crippen molar-refractivity contribution in [1.82, 2.24) is 5.32 Å². The van der Waals surface area contributed by atoms with E-state index in [0.717, 1.165) is 11.1 Å². The third kappa shape index (κ3) is 4.29. The van der Waals surface area contributed by atoms with E-state index in [2.05, 4.69) is 41.4 Å². The molecule has 4 heteroatoms. The normalized spacial score (nSPS) is 11.8. The summed E-state index contributed by atoms with van der Waals surface area (Å²) < 4.78 is 5.49. The van der Waals surface area contributed by atoms with Crippen molar-refractivity contribution in [3.8, 4) is 23.0 Å². The number of aryl methyl sites for hydroxylation is 1. The van der Waals surface area contributed by atoms with Crippen molar-refractivity contribution in [1.29, 1.82) is 0 Å². The summed E-state index contributed by atoms with van der Waals surface area (Å²) in [6.45, 7) is 2.47. The predicted molar refractivity (Wildman–Crippen MR) is 116 cm³/mol. The SMILES string of the molecule is Cc1cc(Cl)cc(C#CCNC(=O)OCC2c3ccccc3-c3ccccc32)c1. The first-order chi connectivity index (χ1) is 14.1. The number of hydrogen-bond donors (Lipinski definition) is 1. The van der Waals surface area contributed by atoms with E-state index in [1.54, 1.807) is 6.07 Å². The van der Waals surface area contributed by atoms with Gasteiger partial charge in [-0.1, -0.05) is 72.0 Å². The van der Waals surface area contributed by atoms with Gasteiger partial charge in [0, 0.05) is 16.5 Å². The number of nitrogens with one attached hydrogen (secondary N) is 1. The lowest BCUT2D eigenvalue weighted by atomic mass is 9.98. The second-order valence-electron chi connectivity index (χ2n) is 7.00. The molecular formula is C25H20ClNO2. The van der Waals surface area contributed by atoms with Crippen LogP contribution in [0.3, 0.4) is 0 Å². The molecule has 0 bridgehead atoms. The van der Waals surface area contributed by atoms with E-state index >= 15 is 0 Å². The summed E-state index contributed by atoms with van der Waals surface area (Å²) >= 11 is 6.03. The van der Waals surface area contributed by atoms with Crippen molar-refractivity contribution in [3.05, 3.63) is 94.0 Å². The minimum atomic E-state index is -0.469. The molecule has 0 spiro atoms. The average molecular weight is 402 g/mol. The van der Waals surface area contributed by atoms with Crippen LogP contribution in [0.15, 0.2) is 66.7 Å². The fourth-order valence-corrected chi connectivity index (χ4v) is 4.01. The summed E-state index contributed by atoms with van der Waals surface area (Å²) in [6.07, 6.45) is -0.469. The molecule has 0 radical (unpaired) electrons. The van der Waals surface area contributed by atoms with E-state index in [4.69, 9.17) is 16.3 Å². The maximum Gasteiger partial charge on any atom is 0.407 e. The Morgan fingerprint density at radius 3 is 2.34 bits per heavy atom. The van der Waals surface area contributed by atoms with Crippen LogP contribution in [0.5, 0.6) is 0 Å². The molecule has 0 atom stereocenters. The standard InChI is InChI=1S/C25H20ClNO2/c1-17-13-18(15-19(26)14-17)7-6-12-27-25(28)29-16-24-22-10-4-2-8-20(22)21-9-3-5-11-23(21)24/h2-5,8-11,13-15,24H,12,16H2,1H3,(H,27,28). The largest absolute Gasteiger partial charge is 0.449 e. The number of carbonyl (C=O) groups excluding carboxylic acids is 1. The highest BCUT2D eigenvalue weighted by atomic mass is 35.5. The number of halogens is 1. The first-order valence-corrected chi connectivity index (χ1v) is 9.84. The molecule has 0 unspecified atom stereocenters. The third-order valence-corrected chi connectivity index (χ3v) is 5.16. The van der Waals surface area contributed by atoms with Gasteiger partial charge in [-0.3, -0.25) is 0 Å². The molecule has 0 fully saturated rings. The van der Waals surface area contributed by atoms with Gasteiger partial charge in [0.2, 0.25) is 0 Å². The Hall–Kier alpha value is -3.22. The van der Waals surface area contributed by atoms with Crippen LogP contribution in [0, 0.1) is 18.8 Å². The maximum atomic E-state index is 12.1. The number of hydrogen-bond acceptors (Lipinski definition) is 2. The molecule has 0 aliphatic heterocycles. The van der Waals surface area contributed by atoms with E-state index < -0.39 is 6.09 Å². The van der Waals surface area contributed by atoms with Gasteiger partial charge in [-0.05, 0) is 52.9 Å². The van der Waals surface area contributed by atoms with Gasteiger partial charge in [0.15, 0.2) is 0 Å². The fraction of sp³-hybridized carbons (Fsp3) is 0.160. The predicted octanol–water partition coefficient (Wildman–Crippen LogP) is 5.54. The van der Waals surface area contributed by atoms with Crippen molar-refractivity contribution in [2.24, 2.45) is 0 Å². The van der Waals surface area contributed by atoms with Gasteiger partial charge in [-0.25, -0.2) is 4.79 Å². The quantitative estimate of drug-likeness (QED) is 0.585. The van der Waals surface area contributed by atoms with E-state index in [1.807, 2.05) is 43.3 Å². The monoisotopic (exact) mass is 401 g/mol. The average Bonchev–Trinajstić information content (AvgIpc) is 3.03. The number of carbonyl (C=O) groups is 1. The van der Waals surface area contributed by atoms with Gasteiger partial charge < -0.3 is 10.1 Å². The van der Waals surface area contributed by atoms with Crippen LogP contribution in [0.4, 0.5) is 4.79 Å². The first kappa shape index (κ1) is 19.1. The molecule has 144 valence electrons. The van der Waals surface area contributed by atoms with Crippen LogP contribution in [0.1, 0.15) is 28.2 Å². The molecule has 4 rings (SSSR count). The van der Waals surface area contributed by atoms with Crippen molar-refractivity contribution in [2.75, 3.05) is 13.2 Å². The molecule has 1 aliphatic carbocycles. The highest BCUT2D eigenvalue weighted by Gasteiger charge is 2.28. The van der Waals surface area contributed by atoms with Crippen LogP contribution in [0.25, 0.3) is 11.1 Å². The topological polar surface area (TPSA) is 38.3 Å². The smallest absolute Gasteiger partial charge is 0.407 e. The van der Waals surface area contributed by atoms with Crippen LogP contribution in [-0.2, 0) is 4.74 Å². The van der Waals surface area contributed by atoms with Gasteiger partial charge in [-0.15, -0.1) is 0 Å². The number of amides is 1. The molecule has 0 saturated carbocycles. The summed E-state index contributed by atoms with van der Waals surface area (Å²) in [5.41, 5.74) is 6.67. The van der Waals surface area contributed by atoms with Gasteiger partial charge in [0.25, 0.3) is 0 Å². The van der Waals surface area contributed by atoms with E-state index in [9.17, 15) is 4.79 Å². The molecule has 1 aliphatic rings. The van der Waals surface area contributed by atoms with Crippen molar-refractivity contribution < 1.29 is 9.53 Å². The number of ether oxygens (including phenoxy) is 1. The lowest BCUT2D eigenvalue weighted by Crippen LogP contribution is -2.26. The highest BCUT2D eigenvalue weighted by molar-refractivity contribution is 6.30. The van der Waals surface area contributed by atoms with Crippen molar-refractivity contribution in [2.45, 2.75) is 12.8 Å². The minimum Gasteiger partial charge on any atom is -0.449 e. The molecular weight excluding hydrogens is 382 g/mol. The van der Waals surface area contributed by atoms with Crippen LogP contribution in [0.2, 0.25) is 5.02 Å². The summed E-state index contributed by atoms with van der Waals surface area (Å²) in [5.74, 6) is 5.98. The van der Waals surface area contributed by atoms with Crippen molar-refractivity contribution >= 4 is 17.7 Å². The zero-order valence-electron chi connectivity index (χ0n) is 16.0. The summed E-state index contributed by atoms with van der Waals surface area (Å²) in [6, 6.07) is 22.2. The lowest BCUT2D eigenvalue weighted by Gasteiger charge is -2.14. The van der Waals surface area contributed by atoms with Gasteiger partial charge in [0.05, 0.1) is 6.54 Å². The molecule has 3 aromatic carbocycles. The Morgan fingerprint density at radius 2 is 1.69 bits per heavy atom. The lowest BCUT2D eigenvalue weighted by molar-refractivity contribution is 0.144. The zero-order chi connectivity index (χ0) is 20.2. The Labute approximate surface area is 175 Å². The van der Waals surface area contributed by atoms with E-state index in [-0.39, 0.29) is 12.5 Å². The summed E-state index contributed by atoms with van der Waals surface area (Å²) in [5, 5.41) is 3.34. The second kappa shape index (κ2) is 8.43. The molecule has 29 heavy (non-hydrogen) atoms. The highest BCUT2D eigenvalue weighted by Crippen LogP contribution is 2.44. The summed E-state index contributed by atoms with van der Waals surface area (Å²) in [4.78, 5) is 12.1. The molecule has 0 heterocycles. The molecule has 3 aromatic rings. The second-order valence-corrected chi connectivity index (χ2v) is 7.43. The third-order valence-electron chi connectivity index (χ3n) is 4.94. The number of rotatable bonds is 3. The van der Waals surface area contributed by atoms with Gasteiger partial charge >= 0.3 is 6.09 Å². The summed E-state index contributed by atoms with van der Waals surface area (Å²) in [7, 11) is 0. The molecule has 3 nitrogen and oxygen atoms in total. The molecule has 0 aromatic heterocycles.